The van der Waals surface area contributed by atoms with Gasteiger partial charge in [-0.1, -0.05) is 20.8 Å². The lowest BCUT2D eigenvalue weighted by atomic mass is 9.87. The van der Waals surface area contributed by atoms with Crippen molar-refractivity contribution in [3.63, 3.8) is 0 Å². The van der Waals surface area contributed by atoms with E-state index >= 15 is 0 Å². The number of hydrogen-bond donors (Lipinski definition) is 1. The van der Waals surface area contributed by atoms with Crippen LogP contribution < -0.4 is 5.32 Å². The van der Waals surface area contributed by atoms with Crippen molar-refractivity contribution in [3.8, 4) is 6.07 Å². The van der Waals surface area contributed by atoms with Gasteiger partial charge in [-0.05, 0) is 18.3 Å². The summed E-state index contributed by atoms with van der Waals surface area (Å²) >= 11 is 0. The second-order valence-electron chi connectivity index (χ2n) is 5.15. The van der Waals surface area contributed by atoms with E-state index in [1.807, 2.05) is 26.8 Å². The van der Waals surface area contributed by atoms with Gasteiger partial charge in [-0.2, -0.15) is 5.26 Å². The molecule has 1 aliphatic carbocycles. The molecular weight excluding hydrogens is 192 g/mol. The SMILES string of the molecule is CC(C)(C)C(C=O)NC(=O)C1(C#N)CC1. The molecule has 1 unspecified atom stereocenters. The number of hydrogen-bond acceptors (Lipinski definition) is 3. The largest absolute Gasteiger partial charge is 0.345 e. The molecule has 4 heteroatoms. The zero-order valence-electron chi connectivity index (χ0n) is 9.33. The highest BCUT2D eigenvalue weighted by Gasteiger charge is 2.51. The van der Waals surface area contributed by atoms with Gasteiger partial charge in [0.1, 0.15) is 11.7 Å². The monoisotopic (exact) mass is 208 g/mol. The number of nitriles is 1. The molecule has 4 nitrogen and oxygen atoms in total. The molecule has 1 saturated carbocycles. The fourth-order valence-electron chi connectivity index (χ4n) is 1.25. The Labute approximate surface area is 89.6 Å². The lowest BCUT2D eigenvalue weighted by Gasteiger charge is -2.27. The summed E-state index contributed by atoms with van der Waals surface area (Å²) in [6, 6.07) is 1.47. The zero-order chi connectivity index (χ0) is 11.7. The van der Waals surface area contributed by atoms with Gasteiger partial charge in [0.15, 0.2) is 0 Å². The van der Waals surface area contributed by atoms with Gasteiger partial charge in [0.05, 0.1) is 12.1 Å². The third kappa shape index (κ3) is 2.35. The molecule has 0 aromatic heterocycles. The summed E-state index contributed by atoms with van der Waals surface area (Å²) in [4.78, 5) is 22.5. The maximum Gasteiger partial charge on any atom is 0.241 e. The van der Waals surface area contributed by atoms with Crippen molar-refractivity contribution in [2.75, 3.05) is 0 Å². The molecule has 1 aliphatic rings. The average molecular weight is 208 g/mol. The van der Waals surface area contributed by atoms with Gasteiger partial charge in [-0.15, -0.1) is 0 Å². The lowest BCUT2D eigenvalue weighted by Crippen LogP contribution is -2.47. The number of carbonyl (C=O) groups is 2. The van der Waals surface area contributed by atoms with Crippen molar-refractivity contribution >= 4 is 12.2 Å². The maximum atomic E-state index is 11.7. The molecular formula is C11H16N2O2. The maximum absolute atomic E-state index is 11.7. The van der Waals surface area contributed by atoms with Crippen LogP contribution in [-0.4, -0.2) is 18.2 Å². The summed E-state index contributed by atoms with van der Waals surface area (Å²) in [5.41, 5.74) is -1.17. The van der Waals surface area contributed by atoms with E-state index in [0.29, 0.717) is 12.8 Å². The van der Waals surface area contributed by atoms with E-state index in [2.05, 4.69) is 5.32 Å². The molecule has 0 heterocycles. The van der Waals surface area contributed by atoms with Crippen LogP contribution in [0.4, 0.5) is 0 Å². The Morgan fingerprint density at radius 2 is 2.07 bits per heavy atom. The first-order chi connectivity index (χ1) is 6.85. The minimum absolute atomic E-state index is 0.308. The second-order valence-corrected chi connectivity index (χ2v) is 5.15. The Balaban J connectivity index is 2.66. The number of amides is 1. The van der Waals surface area contributed by atoms with Crippen molar-refractivity contribution in [2.45, 2.75) is 39.7 Å². The van der Waals surface area contributed by atoms with Gasteiger partial charge in [0.2, 0.25) is 5.91 Å². The molecule has 1 atom stereocenters. The van der Waals surface area contributed by atoms with E-state index in [4.69, 9.17) is 5.26 Å². The van der Waals surface area contributed by atoms with Gasteiger partial charge in [0.25, 0.3) is 0 Å². The van der Waals surface area contributed by atoms with Crippen molar-refractivity contribution in [1.29, 1.82) is 5.26 Å². The summed E-state index contributed by atoms with van der Waals surface area (Å²) in [7, 11) is 0. The molecule has 1 N–H and O–H groups in total. The van der Waals surface area contributed by atoms with E-state index < -0.39 is 11.5 Å². The third-order valence-electron chi connectivity index (χ3n) is 2.75. The highest BCUT2D eigenvalue weighted by molar-refractivity contribution is 5.90. The summed E-state index contributed by atoms with van der Waals surface area (Å²) in [6.07, 6.45) is 1.93. The molecule has 82 valence electrons. The Morgan fingerprint density at radius 1 is 1.53 bits per heavy atom. The molecule has 0 aromatic rings. The standard InChI is InChI=1S/C11H16N2O2/c1-10(2,3)8(6-14)13-9(15)11(7-12)4-5-11/h6,8H,4-5H2,1-3H3,(H,13,15). The summed E-state index contributed by atoms with van der Waals surface area (Å²) in [5.74, 6) is -0.308. The average Bonchev–Trinajstić information content (AvgIpc) is 2.92. The fraction of sp³-hybridized carbons (Fsp3) is 0.727. The van der Waals surface area contributed by atoms with Gasteiger partial charge in [-0.25, -0.2) is 0 Å². The first kappa shape index (κ1) is 11.7. The Morgan fingerprint density at radius 3 is 2.33 bits per heavy atom. The van der Waals surface area contributed by atoms with Crippen molar-refractivity contribution in [3.05, 3.63) is 0 Å². The summed E-state index contributed by atoms with van der Waals surface area (Å²) in [6.45, 7) is 5.62. The second kappa shape index (κ2) is 3.65. The van der Waals surface area contributed by atoms with E-state index in [-0.39, 0.29) is 11.3 Å². The molecule has 0 radical (unpaired) electrons. The first-order valence-electron chi connectivity index (χ1n) is 5.03. The van der Waals surface area contributed by atoms with Crippen molar-refractivity contribution in [1.82, 2.24) is 5.32 Å². The number of carbonyl (C=O) groups excluding carboxylic acids is 2. The van der Waals surface area contributed by atoms with E-state index in [0.717, 1.165) is 6.29 Å². The third-order valence-corrected chi connectivity index (χ3v) is 2.75. The van der Waals surface area contributed by atoms with E-state index in [9.17, 15) is 9.59 Å². The van der Waals surface area contributed by atoms with Crippen LogP contribution in [0.3, 0.4) is 0 Å². The van der Waals surface area contributed by atoms with Gasteiger partial charge in [-0.3, -0.25) is 4.79 Å². The van der Waals surface area contributed by atoms with E-state index in [1.165, 1.54) is 0 Å². The lowest BCUT2D eigenvalue weighted by molar-refractivity contribution is -0.128. The molecule has 0 aliphatic heterocycles. The molecule has 0 saturated heterocycles. The van der Waals surface area contributed by atoms with Gasteiger partial charge >= 0.3 is 0 Å². The number of nitrogens with zero attached hydrogens (tertiary/aromatic N) is 1. The molecule has 1 amide bonds. The minimum Gasteiger partial charge on any atom is -0.345 e. The van der Waals surface area contributed by atoms with Crippen LogP contribution in [0.1, 0.15) is 33.6 Å². The molecule has 1 rings (SSSR count). The zero-order valence-corrected chi connectivity index (χ0v) is 9.33. The minimum atomic E-state index is -0.855. The summed E-state index contributed by atoms with van der Waals surface area (Å²) in [5, 5.41) is 11.4. The number of aldehydes is 1. The molecule has 0 bridgehead atoms. The normalized spacial score (nSPS) is 19.9. The quantitative estimate of drug-likeness (QED) is 0.704. The smallest absolute Gasteiger partial charge is 0.241 e. The predicted molar refractivity (Wildman–Crippen MR) is 54.7 cm³/mol. The predicted octanol–water partition coefficient (Wildman–Crippen LogP) is 1.02. The van der Waals surface area contributed by atoms with Crippen LogP contribution in [-0.2, 0) is 9.59 Å². The number of rotatable bonds is 3. The molecule has 1 fully saturated rings. The number of nitrogens with one attached hydrogen (secondary N) is 1. The Hall–Kier alpha value is -1.37. The molecule has 15 heavy (non-hydrogen) atoms. The van der Waals surface area contributed by atoms with Crippen LogP contribution in [0.2, 0.25) is 0 Å². The topological polar surface area (TPSA) is 70.0 Å². The van der Waals surface area contributed by atoms with E-state index in [1.54, 1.807) is 0 Å². The Kier molecular flexibility index (Phi) is 2.85. The molecule has 0 aromatic carbocycles. The summed E-state index contributed by atoms with van der Waals surface area (Å²) < 4.78 is 0. The van der Waals surface area contributed by atoms with Gasteiger partial charge < -0.3 is 10.1 Å². The van der Waals surface area contributed by atoms with Crippen molar-refractivity contribution in [2.24, 2.45) is 10.8 Å². The van der Waals surface area contributed by atoms with Gasteiger partial charge in [0, 0.05) is 0 Å². The van der Waals surface area contributed by atoms with Crippen LogP contribution in [0.25, 0.3) is 0 Å². The van der Waals surface area contributed by atoms with Crippen LogP contribution in [0.5, 0.6) is 0 Å². The Bertz CT molecular complexity index is 318. The highest BCUT2D eigenvalue weighted by atomic mass is 16.2. The highest BCUT2D eigenvalue weighted by Crippen LogP contribution is 2.45. The fourth-order valence-corrected chi connectivity index (χ4v) is 1.25. The first-order valence-corrected chi connectivity index (χ1v) is 5.03. The van der Waals surface area contributed by atoms with Crippen LogP contribution >= 0.6 is 0 Å². The van der Waals surface area contributed by atoms with Crippen LogP contribution in [0, 0.1) is 22.2 Å². The molecule has 0 spiro atoms. The van der Waals surface area contributed by atoms with Crippen LogP contribution in [0.15, 0.2) is 0 Å². The van der Waals surface area contributed by atoms with Crippen molar-refractivity contribution < 1.29 is 9.59 Å².